The Morgan fingerprint density at radius 2 is 2.00 bits per heavy atom. The molecule has 0 amide bonds. The topological polar surface area (TPSA) is 56.0 Å². The molecule has 0 atom stereocenters. The average molecular weight is 254 g/mol. The summed E-state index contributed by atoms with van der Waals surface area (Å²) in [5.74, 6) is 0. The first-order valence-electron chi connectivity index (χ1n) is 5.97. The smallest absolute Gasteiger partial charge is 0.251 e. The molecule has 0 aliphatic rings. The summed E-state index contributed by atoms with van der Waals surface area (Å²) in [7, 11) is 0. The van der Waals surface area contributed by atoms with E-state index in [0.717, 1.165) is 16.8 Å². The van der Waals surface area contributed by atoms with Crippen LogP contribution >= 0.6 is 0 Å². The summed E-state index contributed by atoms with van der Waals surface area (Å²) in [5, 5.41) is 11.1. The van der Waals surface area contributed by atoms with E-state index in [1.807, 2.05) is 49.4 Å². The molecule has 0 unspecified atom stereocenters. The van der Waals surface area contributed by atoms with Gasteiger partial charge in [0.2, 0.25) is 0 Å². The molecule has 4 nitrogen and oxygen atoms in total. The molecule has 2 rings (SSSR count). The van der Waals surface area contributed by atoms with Gasteiger partial charge in [-0.25, -0.2) is 0 Å². The molecule has 0 bridgehead atoms. The first-order valence-corrected chi connectivity index (χ1v) is 5.97. The zero-order valence-corrected chi connectivity index (χ0v) is 10.6. The fourth-order valence-corrected chi connectivity index (χ4v) is 1.73. The monoisotopic (exact) mass is 254 g/mol. The van der Waals surface area contributed by atoms with Crippen LogP contribution in [0.5, 0.6) is 0 Å². The quantitative estimate of drug-likeness (QED) is 0.621. The molecular weight excluding hydrogens is 240 g/mol. The van der Waals surface area contributed by atoms with E-state index < -0.39 is 0 Å². The average Bonchev–Trinajstić information content (AvgIpc) is 2.41. The van der Waals surface area contributed by atoms with Crippen molar-refractivity contribution in [3.8, 4) is 0 Å². The molecule has 2 aromatic rings. The van der Waals surface area contributed by atoms with E-state index in [9.17, 15) is 10.1 Å². The van der Waals surface area contributed by atoms with Crippen molar-refractivity contribution >= 4 is 6.08 Å². The van der Waals surface area contributed by atoms with E-state index in [-0.39, 0.29) is 10.6 Å². The molecule has 1 aromatic carbocycles. The lowest BCUT2D eigenvalue weighted by atomic mass is 10.1. The zero-order valence-electron chi connectivity index (χ0n) is 10.6. The molecule has 0 radical (unpaired) electrons. The van der Waals surface area contributed by atoms with Gasteiger partial charge in [0.25, 0.3) is 5.70 Å². The predicted molar refractivity (Wildman–Crippen MR) is 74.1 cm³/mol. The van der Waals surface area contributed by atoms with E-state index in [1.54, 1.807) is 12.3 Å². The molecule has 1 heterocycles. The summed E-state index contributed by atoms with van der Waals surface area (Å²) in [5.41, 5.74) is 2.72. The summed E-state index contributed by atoms with van der Waals surface area (Å²) >= 11 is 0. The first-order chi connectivity index (χ1) is 9.15. The van der Waals surface area contributed by atoms with Crippen LogP contribution in [-0.2, 0) is 6.42 Å². The number of hydrogen-bond acceptors (Lipinski definition) is 3. The Kier molecular flexibility index (Phi) is 4.03. The summed E-state index contributed by atoms with van der Waals surface area (Å²) in [6, 6.07) is 13.1. The number of nitro groups is 1. The third kappa shape index (κ3) is 3.74. The molecule has 0 spiro atoms. The molecule has 0 fully saturated rings. The normalized spacial score (nSPS) is 11.3. The van der Waals surface area contributed by atoms with Gasteiger partial charge in [-0.3, -0.25) is 15.1 Å². The fraction of sp³-hybridized carbons (Fsp3) is 0.133. The molecule has 1 aromatic heterocycles. The number of hydrogen-bond donors (Lipinski definition) is 0. The minimum absolute atomic E-state index is 0.164. The van der Waals surface area contributed by atoms with Gasteiger partial charge in [-0.1, -0.05) is 36.4 Å². The second-order valence-electron chi connectivity index (χ2n) is 4.29. The number of rotatable bonds is 4. The van der Waals surface area contributed by atoms with E-state index in [4.69, 9.17) is 0 Å². The predicted octanol–water partition coefficient (Wildman–Crippen LogP) is 3.25. The Balaban J connectivity index is 2.25. The van der Waals surface area contributed by atoms with Gasteiger partial charge in [0, 0.05) is 18.0 Å². The van der Waals surface area contributed by atoms with Crippen molar-refractivity contribution < 1.29 is 4.92 Å². The standard InChI is InChI=1S/C15H14N2O2/c1-12-7-8-14(11-16-12)10-15(17(18)19)9-13-5-3-2-4-6-13/h2-8,10-11H,9H2,1H3/b15-10-. The van der Waals surface area contributed by atoms with Crippen LogP contribution in [0, 0.1) is 17.0 Å². The lowest BCUT2D eigenvalue weighted by Crippen LogP contribution is -2.02. The fourth-order valence-electron chi connectivity index (χ4n) is 1.73. The zero-order chi connectivity index (χ0) is 13.7. The molecule has 19 heavy (non-hydrogen) atoms. The summed E-state index contributed by atoms with van der Waals surface area (Å²) in [6.07, 6.45) is 3.52. The minimum Gasteiger partial charge on any atom is -0.261 e. The second-order valence-corrected chi connectivity index (χ2v) is 4.29. The highest BCUT2D eigenvalue weighted by Crippen LogP contribution is 2.13. The number of aryl methyl sites for hydroxylation is 1. The van der Waals surface area contributed by atoms with Gasteiger partial charge in [-0.05, 0) is 24.1 Å². The van der Waals surface area contributed by atoms with E-state index >= 15 is 0 Å². The maximum absolute atomic E-state index is 11.1. The summed E-state index contributed by atoms with van der Waals surface area (Å²) < 4.78 is 0. The van der Waals surface area contributed by atoms with E-state index in [1.165, 1.54) is 0 Å². The van der Waals surface area contributed by atoms with E-state index in [0.29, 0.717) is 6.42 Å². The van der Waals surface area contributed by atoms with Crippen LogP contribution in [0.3, 0.4) is 0 Å². The molecule has 0 aliphatic carbocycles. The van der Waals surface area contributed by atoms with Gasteiger partial charge in [-0.15, -0.1) is 0 Å². The Bertz CT molecular complexity index is 589. The largest absolute Gasteiger partial charge is 0.261 e. The number of benzene rings is 1. The van der Waals surface area contributed by atoms with Crippen molar-refractivity contribution in [3.63, 3.8) is 0 Å². The van der Waals surface area contributed by atoms with Crippen molar-refractivity contribution in [2.24, 2.45) is 0 Å². The van der Waals surface area contributed by atoms with Gasteiger partial charge >= 0.3 is 0 Å². The SMILES string of the molecule is Cc1ccc(/C=C(/Cc2ccccc2)[N+](=O)[O-])cn1. The number of aromatic nitrogens is 1. The van der Waals surface area contributed by atoms with Gasteiger partial charge in [0.1, 0.15) is 0 Å². The van der Waals surface area contributed by atoms with Crippen molar-refractivity contribution in [2.75, 3.05) is 0 Å². The highest BCUT2D eigenvalue weighted by Gasteiger charge is 2.11. The molecule has 96 valence electrons. The maximum atomic E-state index is 11.1. The minimum atomic E-state index is -0.340. The van der Waals surface area contributed by atoms with Crippen LogP contribution in [0.2, 0.25) is 0 Å². The first kappa shape index (κ1) is 13.0. The molecule has 0 N–H and O–H groups in total. The number of allylic oxidation sites excluding steroid dienone is 1. The van der Waals surface area contributed by atoms with Crippen molar-refractivity contribution in [1.29, 1.82) is 0 Å². The van der Waals surface area contributed by atoms with Crippen molar-refractivity contribution in [1.82, 2.24) is 4.98 Å². The molecular formula is C15H14N2O2. The van der Waals surface area contributed by atoms with Gasteiger partial charge in [0.05, 0.1) is 11.3 Å². The highest BCUT2D eigenvalue weighted by molar-refractivity contribution is 5.50. The van der Waals surface area contributed by atoms with Crippen LogP contribution in [0.1, 0.15) is 16.8 Å². The van der Waals surface area contributed by atoms with Crippen LogP contribution in [0.15, 0.2) is 54.4 Å². The maximum Gasteiger partial charge on any atom is 0.251 e. The van der Waals surface area contributed by atoms with Crippen molar-refractivity contribution in [3.05, 3.63) is 81.3 Å². The molecule has 0 saturated carbocycles. The number of pyridine rings is 1. The van der Waals surface area contributed by atoms with Crippen LogP contribution in [0.4, 0.5) is 0 Å². The second kappa shape index (κ2) is 5.91. The number of nitrogens with zero attached hydrogens (tertiary/aromatic N) is 2. The molecule has 4 heteroatoms. The molecule has 0 aliphatic heterocycles. The third-order valence-corrected chi connectivity index (χ3v) is 2.73. The van der Waals surface area contributed by atoms with Crippen LogP contribution in [0.25, 0.3) is 6.08 Å². The Morgan fingerprint density at radius 3 is 2.58 bits per heavy atom. The summed E-state index contributed by atoms with van der Waals surface area (Å²) in [4.78, 5) is 14.9. The molecule has 0 saturated heterocycles. The summed E-state index contributed by atoms with van der Waals surface area (Å²) in [6.45, 7) is 1.88. The Hall–Kier alpha value is -2.49. The van der Waals surface area contributed by atoms with E-state index in [2.05, 4.69) is 4.98 Å². The van der Waals surface area contributed by atoms with Gasteiger partial charge < -0.3 is 0 Å². The lowest BCUT2D eigenvalue weighted by Gasteiger charge is -2.00. The van der Waals surface area contributed by atoms with Crippen molar-refractivity contribution in [2.45, 2.75) is 13.3 Å². The Labute approximate surface area is 111 Å². The van der Waals surface area contributed by atoms with Crippen LogP contribution in [-0.4, -0.2) is 9.91 Å². The lowest BCUT2D eigenvalue weighted by molar-refractivity contribution is -0.425. The third-order valence-electron chi connectivity index (χ3n) is 2.73. The van der Waals surface area contributed by atoms with Gasteiger partial charge in [0.15, 0.2) is 0 Å². The van der Waals surface area contributed by atoms with Crippen LogP contribution < -0.4 is 0 Å². The van der Waals surface area contributed by atoms with Gasteiger partial charge in [-0.2, -0.15) is 0 Å². The highest BCUT2D eigenvalue weighted by atomic mass is 16.6. The Morgan fingerprint density at radius 1 is 1.26 bits per heavy atom.